The third-order valence-electron chi connectivity index (χ3n) is 2.79. The fraction of sp³-hybridized carbons (Fsp3) is 0.250. The van der Waals surface area contributed by atoms with Crippen LogP contribution in [0.15, 0.2) is 42.5 Å². The first-order valence-corrected chi connectivity index (χ1v) is 6.88. The molecule has 0 atom stereocenters. The third kappa shape index (κ3) is 3.95. The summed E-state index contributed by atoms with van der Waals surface area (Å²) in [5.41, 5.74) is 1.03. The van der Waals surface area contributed by atoms with E-state index in [2.05, 4.69) is 19.2 Å². The zero-order valence-corrected chi connectivity index (χ0v) is 12.2. The van der Waals surface area contributed by atoms with Crippen LogP contribution in [0.4, 0.5) is 4.39 Å². The number of hydrogen-bond donors (Lipinski definition) is 1. The van der Waals surface area contributed by atoms with Gasteiger partial charge < -0.3 is 10.1 Å². The highest BCUT2D eigenvalue weighted by Crippen LogP contribution is 2.31. The molecule has 0 saturated heterocycles. The zero-order valence-electron chi connectivity index (χ0n) is 11.5. The van der Waals surface area contributed by atoms with E-state index in [4.69, 9.17) is 16.3 Å². The van der Waals surface area contributed by atoms with E-state index in [1.807, 2.05) is 24.3 Å². The topological polar surface area (TPSA) is 21.3 Å². The quantitative estimate of drug-likeness (QED) is 0.857. The SMILES string of the molecule is CC(C)NCc1ccccc1Oc1ccc(F)cc1Cl. The van der Waals surface area contributed by atoms with Crippen LogP contribution in [0.5, 0.6) is 11.5 Å². The highest BCUT2D eigenvalue weighted by Gasteiger charge is 2.08. The lowest BCUT2D eigenvalue weighted by atomic mass is 10.2. The van der Waals surface area contributed by atoms with Gasteiger partial charge in [0.1, 0.15) is 17.3 Å². The van der Waals surface area contributed by atoms with Gasteiger partial charge in [-0.3, -0.25) is 0 Å². The molecular formula is C16H17ClFNO. The molecule has 2 nitrogen and oxygen atoms in total. The Hall–Kier alpha value is -1.58. The van der Waals surface area contributed by atoms with Crippen LogP contribution >= 0.6 is 11.6 Å². The van der Waals surface area contributed by atoms with Crippen LogP contribution in [0, 0.1) is 5.82 Å². The van der Waals surface area contributed by atoms with E-state index < -0.39 is 0 Å². The molecule has 1 N–H and O–H groups in total. The lowest BCUT2D eigenvalue weighted by molar-refractivity contribution is 0.468. The van der Waals surface area contributed by atoms with E-state index in [1.165, 1.54) is 18.2 Å². The highest BCUT2D eigenvalue weighted by molar-refractivity contribution is 6.32. The second-order valence-corrected chi connectivity index (χ2v) is 5.23. The third-order valence-corrected chi connectivity index (χ3v) is 3.08. The molecule has 0 spiro atoms. The van der Waals surface area contributed by atoms with Crippen LogP contribution < -0.4 is 10.1 Å². The summed E-state index contributed by atoms with van der Waals surface area (Å²) >= 11 is 5.98. The maximum Gasteiger partial charge on any atom is 0.146 e. The van der Waals surface area contributed by atoms with Gasteiger partial charge in [0.05, 0.1) is 5.02 Å². The molecule has 0 aromatic heterocycles. The van der Waals surface area contributed by atoms with Crippen molar-refractivity contribution in [1.29, 1.82) is 0 Å². The summed E-state index contributed by atoms with van der Waals surface area (Å²) in [6.07, 6.45) is 0. The fourth-order valence-corrected chi connectivity index (χ4v) is 1.95. The van der Waals surface area contributed by atoms with Crippen molar-refractivity contribution in [2.75, 3.05) is 0 Å². The van der Waals surface area contributed by atoms with Crippen LogP contribution in [0.25, 0.3) is 0 Å². The van der Waals surface area contributed by atoms with Crippen LogP contribution in [-0.4, -0.2) is 6.04 Å². The average Bonchev–Trinajstić information content (AvgIpc) is 2.41. The highest BCUT2D eigenvalue weighted by atomic mass is 35.5. The van der Waals surface area contributed by atoms with E-state index in [-0.39, 0.29) is 10.8 Å². The normalized spacial score (nSPS) is 10.8. The summed E-state index contributed by atoms with van der Waals surface area (Å²) in [6, 6.07) is 12.2. The van der Waals surface area contributed by atoms with Crippen molar-refractivity contribution in [3.05, 3.63) is 58.9 Å². The van der Waals surface area contributed by atoms with Crippen LogP contribution in [-0.2, 0) is 6.54 Å². The summed E-state index contributed by atoms with van der Waals surface area (Å²) < 4.78 is 18.8. The Balaban J connectivity index is 2.20. The van der Waals surface area contributed by atoms with Gasteiger partial charge in [-0.1, -0.05) is 43.6 Å². The number of halogens is 2. The van der Waals surface area contributed by atoms with Crippen molar-refractivity contribution < 1.29 is 9.13 Å². The molecule has 2 rings (SSSR count). The van der Waals surface area contributed by atoms with E-state index in [1.54, 1.807) is 0 Å². The molecule has 0 aliphatic heterocycles. The molecule has 0 aliphatic rings. The van der Waals surface area contributed by atoms with Crippen LogP contribution in [0.3, 0.4) is 0 Å². The lowest BCUT2D eigenvalue weighted by Gasteiger charge is -2.14. The largest absolute Gasteiger partial charge is 0.455 e. The summed E-state index contributed by atoms with van der Waals surface area (Å²) in [4.78, 5) is 0. The first kappa shape index (κ1) is 14.8. The summed E-state index contributed by atoms with van der Waals surface area (Å²) in [6.45, 7) is 4.87. The number of nitrogens with one attached hydrogen (secondary N) is 1. The first-order valence-electron chi connectivity index (χ1n) is 6.50. The zero-order chi connectivity index (χ0) is 14.5. The molecule has 0 amide bonds. The summed E-state index contributed by atoms with van der Waals surface area (Å²) in [5.74, 6) is 0.788. The van der Waals surface area contributed by atoms with Gasteiger partial charge in [-0.25, -0.2) is 4.39 Å². The molecule has 2 aromatic carbocycles. The van der Waals surface area contributed by atoms with Crippen LogP contribution in [0.2, 0.25) is 5.02 Å². The number of rotatable bonds is 5. The van der Waals surface area contributed by atoms with E-state index in [9.17, 15) is 4.39 Å². The number of para-hydroxylation sites is 1. The number of benzene rings is 2. The predicted octanol–water partition coefficient (Wildman–Crippen LogP) is 4.77. The van der Waals surface area contributed by atoms with Gasteiger partial charge in [0, 0.05) is 18.2 Å². The van der Waals surface area contributed by atoms with Gasteiger partial charge >= 0.3 is 0 Å². The number of ether oxygens (including phenoxy) is 1. The average molecular weight is 294 g/mol. The molecule has 4 heteroatoms. The Kier molecular flexibility index (Phi) is 4.99. The van der Waals surface area contributed by atoms with E-state index in [0.717, 1.165) is 5.56 Å². The molecular weight excluding hydrogens is 277 g/mol. The minimum absolute atomic E-state index is 0.261. The maximum atomic E-state index is 13.0. The van der Waals surface area contributed by atoms with Gasteiger partial charge in [0.2, 0.25) is 0 Å². The molecule has 0 bridgehead atoms. The fourth-order valence-electron chi connectivity index (χ4n) is 1.74. The molecule has 0 radical (unpaired) electrons. The Morgan fingerprint density at radius 3 is 2.60 bits per heavy atom. The molecule has 0 heterocycles. The minimum atomic E-state index is -0.378. The van der Waals surface area contributed by atoms with Gasteiger partial charge in [-0.05, 0) is 24.3 Å². The molecule has 0 saturated carbocycles. The standard InChI is InChI=1S/C16H17ClFNO/c1-11(2)19-10-12-5-3-4-6-15(12)20-16-8-7-13(18)9-14(16)17/h3-9,11,19H,10H2,1-2H3. The molecule has 2 aromatic rings. The van der Waals surface area contributed by atoms with Crippen molar-refractivity contribution in [3.63, 3.8) is 0 Å². The minimum Gasteiger partial charge on any atom is -0.455 e. The second kappa shape index (κ2) is 6.73. The van der Waals surface area contributed by atoms with Gasteiger partial charge in [-0.2, -0.15) is 0 Å². The van der Waals surface area contributed by atoms with Gasteiger partial charge in [0.25, 0.3) is 0 Å². The van der Waals surface area contributed by atoms with Gasteiger partial charge in [0.15, 0.2) is 0 Å². The Bertz CT molecular complexity index is 586. The van der Waals surface area contributed by atoms with E-state index in [0.29, 0.717) is 24.1 Å². The molecule has 0 aliphatic carbocycles. The van der Waals surface area contributed by atoms with Crippen LogP contribution in [0.1, 0.15) is 19.4 Å². The van der Waals surface area contributed by atoms with Crippen molar-refractivity contribution in [2.24, 2.45) is 0 Å². The smallest absolute Gasteiger partial charge is 0.146 e. The Labute approximate surface area is 123 Å². The number of hydrogen-bond acceptors (Lipinski definition) is 2. The molecule has 0 fully saturated rings. The van der Waals surface area contributed by atoms with Gasteiger partial charge in [-0.15, -0.1) is 0 Å². The lowest BCUT2D eigenvalue weighted by Crippen LogP contribution is -2.22. The van der Waals surface area contributed by atoms with Crippen molar-refractivity contribution in [3.8, 4) is 11.5 Å². The molecule has 106 valence electrons. The predicted molar refractivity (Wildman–Crippen MR) is 79.9 cm³/mol. The van der Waals surface area contributed by atoms with E-state index >= 15 is 0 Å². The Morgan fingerprint density at radius 2 is 1.90 bits per heavy atom. The van der Waals surface area contributed by atoms with Crippen molar-refractivity contribution in [1.82, 2.24) is 5.32 Å². The maximum absolute atomic E-state index is 13.0. The molecule has 20 heavy (non-hydrogen) atoms. The monoisotopic (exact) mass is 293 g/mol. The molecule has 0 unspecified atom stereocenters. The summed E-state index contributed by atoms with van der Waals surface area (Å²) in [7, 11) is 0. The first-order chi connectivity index (χ1) is 9.56. The second-order valence-electron chi connectivity index (χ2n) is 4.82. The summed E-state index contributed by atoms with van der Waals surface area (Å²) in [5, 5.41) is 3.60. The Morgan fingerprint density at radius 1 is 1.15 bits per heavy atom. The van der Waals surface area contributed by atoms with Crippen molar-refractivity contribution >= 4 is 11.6 Å². The van der Waals surface area contributed by atoms with Crippen molar-refractivity contribution in [2.45, 2.75) is 26.4 Å².